The van der Waals surface area contributed by atoms with Gasteiger partial charge < -0.3 is 25.0 Å². The van der Waals surface area contributed by atoms with Crippen LogP contribution in [0.15, 0.2) is 24.3 Å². The van der Waals surface area contributed by atoms with E-state index in [-0.39, 0.29) is 18.0 Å². The lowest BCUT2D eigenvalue weighted by Gasteiger charge is -2.27. The third-order valence-corrected chi connectivity index (χ3v) is 3.60. The summed E-state index contributed by atoms with van der Waals surface area (Å²) in [7, 11) is 3.31. The highest BCUT2D eigenvalue weighted by atomic mass is 16.6. The van der Waals surface area contributed by atoms with E-state index >= 15 is 0 Å². The van der Waals surface area contributed by atoms with Crippen LogP contribution in [0, 0.1) is 0 Å². The molecule has 23 heavy (non-hydrogen) atoms. The van der Waals surface area contributed by atoms with Crippen molar-refractivity contribution in [1.82, 2.24) is 15.5 Å². The Morgan fingerprint density at radius 1 is 1.26 bits per heavy atom. The molecule has 3 amide bonds. The van der Waals surface area contributed by atoms with Gasteiger partial charge >= 0.3 is 6.03 Å². The molecule has 1 heterocycles. The molecular weight excluding hydrogens is 298 g/mol. The zero-order valence-corrected chi connectivity index (χ0v) is 13.5. The van der Waals surface area contributed by atoms with E-state index in [9.17, 15) is 9.59 Å². The zero-order chi connectivity index (χ0) is 16.7. The molecule has 1 aliphatic heterocycles. The first-order valence-electron chi connectivity index (χ1n) is 7.59. The summed E-state index contributed by atoms with van der Waals surface area (Å²) in [5.74, 6) is -0.130. The fourth-order valence-corrected chi connectivity index (χ4v) is 2.26. The monoisotopic (exact) mass is 321 g/mol. The number of carbonyl (C=O) groups is 2. The molecule has 0 radical (unpaired) electrons. The molecule has 7 nitrogen and oxygen atoms in total. The molecule has 0 aliphatic carbocycles. The number of urea groups is 1. The lowest BCUT2D eigenvalue weighted by atomic mass is 10.1. The fourth-order valence-electron chi connectivity index (χ4n) is 2.26. The summed E-state index contributed by atoms with van der Waals surface area (Å²) in [6, 6.07) is 6.94. The molecule has 1 aliphatic rings. The van der Waals surface area contributed by atoms with Crippen molar-refractivity contribution < 1.29 is 19.1 Å². The van der Waals surface area contributed by atoms with Crippen molar-refractivity contribution in [3.63, 3.8) is 0 Å². The predicted molar refractivity (Wildman–Crippen MR) is 85.3 cm³/mol. The van der Waals surface area contributed by atoms with E-state index < -0.39 is 0 Å². The summed E-state index contributed by atoms with van der Waals surface area (Å²) in [5, 5.41) is 5.41. The van der Waals surface area contributed by atoms with Gasteiger partial charge in [0.2, 0.25) is 0 Å². The topological polar surface area (TPSA) is 79.9 Å². The lowest BCUT2D eigenvalue weighted by molar-refractivity contribution is -0.0928. The minimum Gasteiger partial charge on any atom is -0.376 e. The van der Waals surface area contributed by atoms with Gasteiger partial charge in [0, 0.05) is 26.2 Å². The van der Waals surface area contributed by atoms with Crippen LogP contribution >= 0.6 is 0 Å². The first-order valence-corrected chi connectivity index (χ1v) is 7.59. The average Bonchev–Trinajstić information content (AvgIpc) is 2.60. The van der Waals surface area contributed by atoms with Crippen LogP contribution in [0.25, 0.3) is 0 Å². The molecule has 0 spiro atoms. The zero-order valence-electron chi connectivity index (χ0n) is 13.5. The number of benzene rings is 1. The number of hydrogen-bond donors (Lipinski definition) is 2. The third kappa shape index (κ3) is 5.22. The molecule has 1 aromatic rings. The molecule has 1 aromatic carbocycles. The van der Waals surface area contributed by atoms with Gasteiger partial charge in [-0.1, -0.05) is 12.1 Å². The molecule has 1 fully saturated rings. The van der Waals surface area contributed by atoms with Gasteiger partial charge in [-0.2, -0.15) is 0 Å². The SMILES string of the molecule is CNC(=O)c1ccc(CNC(=O)N(C)CC2COCCO2)cc1. The average molecular weight is 321 g/mol. The van der Waals surface area contributed by atoms with E-state index in [0.29, 0.717) is 38.5 Å². The molecule has 126 valence electrons. The van der Waals surface area contributed by atoms with Gasteiger partial charge in [0.25, 0.3) is 5.91 Å². The van der Waals surface area contributed by atoms with Crippen LogP contribution in [0.2, 0.25) is 0 Å². The maximum atomic E-state index is 12.1. The van der Waals surface area contributed by atoms with Crippen molar-refractivity contribution in [2.24, 2.45) is 0 Å². The van der Waals surface area contributed by atoms with Gasteiger partial charge in [-0.3, -0.25) is 4.79 Å². The quantitative estimate of drug-likeness (QED) is 0.832. The van der Waals surface area contributed by atoms with Crippen LogP contribution in [0.3, 0.4) is 0 Å². The summed E-state index contributed by atoms with van der Waals surface area (Å²) >= 11 is 0. The Bertz CT molecular complexity index is 527. The van der Waals surface area contributed by atoms with Gasteiger partial charge in [-0.25, -0.2) is 4.79 Å². The second kappa shape index (κ2) is 8.50. The molecule has 1 saturated heterocycles. The van der Waals surface area contributed by atoms with Crippen molar-refractivity contribution in [1.29, 1.82) is 0 Å². The minimum absolute atomic E-state index is 0.0775. The first-order chi connectivity index (χ1) is 11.1. The Morgan fingerprint density at radius 3 is 2.61 bits per heavy atom. The van der Waals surface area contributed by atoms with Gasteiger partial charge in [-0.05, 0) is 17.7 Å². The number of ether oxygens (including phenoxy) is 2. The van der Waals surface area contributed by atoms with Gasteiger partial charge in [0.05, 0.1) is 32.5 Å². The van der Waals surface area contributed by atoms with Crippen LogP contribution in [0.5, 0.6) is 0 Å². The molecular formula is C16H23N3O4. The van der Waals surface area contributed by atoms with Gasteiger partial charge in [-0.15, -0.1) is 0 Å². The van der Waals surface area contributed by atoms with E-state index in [0.717, 1.165) is 5.56 Å². The number of hydrogen-bond acceptors (Lipinski definition) is 4. The standard InChI is InChI=1S/C16H23N3O4/c1-17-15(20)13-5-3-12(4-6-13)9-18-16(21)19(2)10-14-11-22-7-8-23-14/h3-6,14H,7-11H2,1-2H3,(H,17,20)(H,18,21). The number of amides is 3. The van der Waals surface area contributed by atoms with Crippen LogP contribution < -0.4 is 10.6 Å². The van der Waals surface area contributed by atoms with Crippen molar-refractivity contribution in [2.45, 2.75) is 12.6 Å². The van der Waals surface area contributed by atoms with E-state index in [2.05, 4.69) is 10.6 Å². The molecule has 1 atom stereocenters. The number of nitrogens with zero attached hydrogens (tertiary/aromatic N) is 1. The van der Waals surface area contributed by atoms with Crippen LogP contribution in [0.1, 0.15) is 15.9 Å². The highest BCUT2D eigenvalue weighted by Crippen LogP contribution is 2.05. The molecule has 0 bridgehead atoms. The van der Waals surface area contributed by atoms with E-state index in [4.69, 9.17) is 9.47 Å². The molecule has 2 N–H and O–H groups in total. The highest BCUT2D eigenvalue weighted by Gasteiger charge is 2.19. The second-order valence-corrected chi connectivity index (χ2v) is 5.38. The summed E-state index contributed by atoms with van der Waals surface area (Å²) in [6.45, 7) is 2.58. The van der Waals surface area contributed by atoms with E-state index in [1.54, 1.807) is 31.1 Å². The summed E-state index contributed by atoms with van der Waals surface area (Å²) in [4.78, 5) is 25.1. The molecule has 0 saturated carbocycles. The molecule has 2 rings (SSSR count). The summed E-state index contributed by atoms with van der Waals surface area (Å²) in [6.07, 6.45) is -0.0775. The summed E-state index contributed by atoms with van der Waals surface area (Å²) < 4.78 is 10.8. The van der Waals surface area contributed by atoms with Crippen molar-refractivity contribution in [3.05, 3.63) is 35.4 Å². The number of rotatable bonds is 5. The lowest BCUT2D eigenvalue weighted by Crippen LogP contribution is -2.44. The molecule has 0 aromatic heterocycles. The van der Waals surface area contributed by atoms with Crippen LogP contribution in [0.4, 0.5) is 4.79 Å². The Morgan fingerprint density at radius 2 is 2.00 bits per heavy atom. The number of nitrogens with one attached hydrogen (secondary N) is 2. The van der Waals surface area contributed by atoms with E-state index in [1.165, 1.54) is 0 Å². The first kappa shape index (κ1) is 17.2. The number of carbonyl (C=O) groups excluding carboxylic acids is 2. The van der Waals surface area contributed by atoms with Gasteiger partial charge in [0.15, 0.2) is 0 Å². The molecule has 7 heteroatoms. The number of likely N-dealkylation sites (N-methyl/N-ethyl adjacent to an activating group) is 1. The fraction of sp³-hybridized carbons (Fsp3) is 0.500. The minimum atomic E-state index is -0.172. The van der Waals surface area contributed by atoms with E-state index in [1.807, 2.05) is 12.1 Å². The third-order valence-electron chi connectivity index (χ3n) is 3.60. The highest BCUT2D eigenvalue weighted by molar-refractivity contribution is 5.93. The molecule has 1 unspecified atom stereocenters. The van der Waals surface area contributed by atoms with Crippen molar-refractivity contribution >= 4 is 11.9 Å². The normalized spacial score (nSPS) is 17.4. The van der Waals surface area contributed by atoms with Crippen molar-refractivity contribution in [2.75, 3.05) is 40.5 Å². The van der Waals surface area contributed by atoms with Crippen molar-refractivity contribution in [3.8, 4) is 0 Å². The van der Waals surface area contributed by atoms with Crippen LogP contribution in [-0.4, -0.2) is 63.4 Å². The smallest absolute Gasteiger partial charge is 0.317 e. The second-order valence-electron chi connectivity index (χ2n) is 5.38. The van der Waals surface area contributed by atoms with Gasteiger partial charge in [0.1, 0.15) is 0 Å². The Labute approximate surface area is 135 Å². The largest absolute Gasteiger partial charge is 0.376 e. The maximum absolute atomic E-state index is 12.1. The Balaban J connectivity index is 1.77. The Hall–Kier alpha value is -2.12. The Kier molecular flexibility index (Phi) is 6.37. The summed E-state index contributed by atoms with van der Waals surface area (Å²) in [5.41, 5.74) is 1.52. The predicted octanol–water partition coefficient (Wildman–Crippen LogP) is 0.603. The maximum Gasteiger partial charge on any atom is 0.317 e. The van der Waals surface area contributed by atoms with Crippen LogP contribution in [-0.2, 0) is 16.0 Å².